The first-order valence-electron chi connectivity index (χ1n) is 11.5. The number of rotatable bonds is 4. The van der Waals surface area contributed by atoms with Gasteiger partial charge in [-0.25, -0.2) is 0 Å². The Balaban J connectivity index is 1.55. The number of hydrogen-bond donors (Lipinski definition) is 3. The Hall–Kier alpha value is -0.870. The first-order valence-corrected chi connectivity index (χ1v) is 11.5. The first-order chi connectivity index (χ1) is 13.1. The molecule has 3 fully saturated rings. The zero-order chi connectivity index (χ0) is 20.3. The summed E-state index contributed by atoms with van der Waals surface area (Å²) in [5, 5.41) is 29.4. The minimum absolute atomic E-state index is 0.131. The van der Waals surface area contributed by atoms with Crippen molar-refractivity contribution in [3.8, 4) is 0 Å². The fraction of sp³-hybridized carbons (Fsp3) is 0.875. The maximum absolute atomic E-state index is 11.0. The highest BCUT2D eigenvalue weighted by Gasteiger charge is 2.59. The van der Waals surface area contributed by atoms with Crippen LogP contribution in [-0.2, 0) is 4.79 Å². The maximum atomic E-state index is 11.0. The lowest BCUT2D eigenvalue weighted by atomic mass is 9.46. The van der Waals surface area contributed by atoms with E-state index in [2.05, 4.69) is 20.8 Å². The van der Waals surface area contributed by atoms with Gasteiger partial charge >= 0.3 is 5.97 Å². The van der Waals surface area contributed by atoms with Crippen LogP contribution in [0.4, 0.5) is 0 Å². The average molecular weight is 391 g/mol. The van der Waals surface area contributed by atoms with Crippen molar-refractivity contribution < 1.29 is 20.1 Å². The molecule has 0 spiro atoms. The Morgan fingerprint density at radius 3 is 2.57 bits per heavy atom. The van der Waals surface area contributed by atoms with Gasteiger partial charge in [-0.2, -0.15) is 0 Å². The van der Waals surface area contributed by atoms with E-state index in [4.69, 9.17) is 5.11 Å². The number of fused-ring (bicyclic) bond motifs is 5. The summed E-state index contributed by atoms with van der Waals surface area (Å²) >= 11 is 0. The van der Waals surface area contributed by atoms with Crippen molar-refractivity contribution >= 4 is 5.97 Å². The van der Waals surface area contributed by atoms with E-state index in [1.165, 1.54) is 37.7 Å². The standard InChI is InChI=1S/C24H38O4/c1-15(4-9-21(25)26)18-7-8-19-17-6-5-16-14-24(27,28)13-12-22(16,2)20(17)10-11-23(18,19)3/h14-15,17-20,27-28H,4-13H2,1-3H3,(H,25,26)/t15-,17+,18-,19+,20+,22+,23-/m1/s1. The summed E-state index contributed by atoms with van der Waals surface area (Å²) in [7, 11) is 0. The Kier molecular flexibility index (Phi) is 4.98. The molecular formula is C24H38O4. The summed E-state index contributed by atoms with van der Waals surface area (Å²) in [4.78, 5) is 11.0. The Morgan fingerprint density at radius 1 is 1.11 bits per heavy atom. The van der Waals surface area contributed by atoms with Crippen LogP contribution in [0.25, 0.3) is 0 Å². The summed E-state index contributed by atoms with van der Waals surface area (Å²) in [6.45, 7) is 7.17. The Morgan fingerprint density at radius 2 is 1.86 bits per heavy atom. The molecule has 0 aromatic heterocycles. The van der Waals surface area contributed by atoms with Crippen molar-refractivity contribution in [2.45, 2.75) is 90.8 Å². The van der Waals surface area contributed by atoms with Gasteiger partial charge in [-0.3, -0.25) is 4.79 Å². The van der Waals surface area contributed by atoms with Crippen molar-refractivity contribution in [2.75, 3.05) is 0 Å². The van der Waals surface area contributed by atoms with Crippen LogP contribution in [0.15, 0.2) is 11.6 Å². The molecule has 0 heterocycles. The molecule has 28 heavy (non-hydrogen) atoms. The number of allylic oxidation sites excluding steroid dienone is 1. The zero-order valence-corrected chi connectivity index (χ0v) is 17.8. The highest BCUT2D eigenvalue weighted by molar-refractivity contribution is 5.66. The van der Waals surface area contributed by atoms with Gasteiger partial charge in [0.2, 0.25) is 0 Å². The molecule has 3 saturated carbocycles. The molecule has 4 aliphatic carbocycles. The molecule has 7 atom stereocenters. The van der Waals surface area contributed by atoms with Gasteiger partial charge < -0.3 is 15.3 Å². The van der Waals surface area contributed by atoms with E-state index in [-0.39, 0.29) is 5.41 Å². The summed E-state index contributed by atoms with van der Waals surface area (Å²) < 4.78 is 0. The summed E-state index contributed by atoms with van der Waals surface area (Å²) in [6.07, 6.45) is 11.4. The monoisotopic (exact) mass is 390 g/mol. The molecule has 4 rings (SSSR count). The summed E-state index contributed by atoms with van der Waals surface area (Å²) in [6, 6.07) is 0. The van der Waals surface area contributed by atoms with Gasteiger partial charge in [-0.05, 0) is 97.9 Å². The van der Waals surface area contributed by atoms with Crippen LogP contribution >= 0.6 is 0 Å². The van der Waals surface area contributed by atoms with Gasteiger partial charge in [0.1, 0.15) is 0 Å². The highest BCUT2D eigenvalue weighted by Crippen LogP contribution is 2.68. The van der Waals surface area contributed by atoms with Gasteiger partial charge in [0, 0.05) is 12.8 Å². The van der Waals surface area contributed by atoms with Gasteiger partial charge in [0.15, 0.2) is 5.79 Å². The third kappa shape index (κ3) is 3.15. The van der Waals surface area contributed by atoms with E-state index in [1.54, 1.807) is 6.08 Å². The second-order valence-electron chi connectivity index (χ2n) is 11.0. The van der Waals surface area contributed by atoms with Crippen molar-refractivity contribution in [1.29, 1.82) is 0 Å². The van der Waals surface area contributed by atoms with Crippen molar-refractivity contribution in [3.63, 3.8) is 0 Å². The summed E-state index contributed by atoms with van der Waals surface area (Å²) in [5.74, 6) is 1.00. The van der Waals surface area contributed by atoms with Gasteiger partial charge in [0.05, 0.1) is 0 Å². The molecule has 158 valence electrons. The van der Waals surface area contributed by atoms with Crippen LogP contribution in [0.3, 0.4) is 0 Å². The van der Waals surface area contributed by atoms with Crippen LogP contribution in [0.5, 0.6) is 0 Å². The molecule has 0 aromatic carbocycles. The van der Waals surface area contributed by atoms with Crippen molar-refractivity contribution in [1.82, 2.24) is 0 Å². The predicted molar refractivity (Wildman–Crippen MR) is 108 cm³/mol. The van der Waals surface area contributed by atoms with Crippen LogP contribution in [0.1, 0.15) is 85.0 Å². The Labute approximate surface area is 169 Å². The lowest BCUT2D eigenvalue weighted by molar-refractivity contribution is -0.147. The number of carboxylic acid groups (broad SMARTS) is 1. The second-order valence-corrected chi connectivity index (χ2v) is 11.0. The van der Waals surface area contributed by atoms with E-state index in [9.17, 15) is 15.0 Å². The lowest BCUT2D eigenvalue weighted by Crippen LogP contribution is -2.52. The molecule has 0 bridgehead atoms. The van der Waals surface area contributed by atoms with Crippen LogP contribution in [0.2, 0.25) is 0 Å². The fourth-order valence-corrected chi connectivity index (χ4v) is 8.23. The molecular weight excluding hydrogens is 352 g/mol. The zero-order valence-electron chi connectivity index (χ0n) is 17.8. The van der Waals surface area contributed by atoms with Gasteiger partial charge in [-0.1, -0.05) is 26.3 Å². The maximum Gasteiger partial charge on any atom is 0.303 e. The van der Waals surface area contributed by atoms with Crippen LogP contribution in [0, 0.1) is 40.4 Å². The highest BCUT2D eigenvalue weighted by atomic mass is 16.5. The number of aliphatic hydroxyl groups is 2. The lowest BCUT2D eigenvalue weighted by Gasteiger charge is -2.59. The van der Waals surface area contributed by atoms with E-state index in [0.717, 1.165) is 31.1 Å². The van der Waals surface area contributed by atoms with E-state index < -0.39 is 11.8 Å². The SMILES string of the molecule is C[C@H](CCC(=O)O)[C@H]1CC[C@H]2[C@@H]3CCC4=CC(O)(O)CC[C@]4(C)[C@H]3CC[C@]12C. The minimum atomic E-state index is -1.61. The molecule has 0 aliphatic heterocycles. The number of carbonyl (C=O) groups is 1. The number of hydrogen-bond acceptors (Lipinski definition) is 3. The van der Waals surface area contributed by atoms with Gasteiger partial charge in [0.25, 0.3) is 0 Å². The normalized spacial score (nSPS) is 45.4. The predicted octanol–water partition coefficient (Wildman–Crippen LogP) is 4.75. The average Bonchev–Trinajstić information content (AvgIpc) is 2.97. The molecule has 4 aliphatic rings. The molecule has 3 N–H and O–H groups in total. The minimum Gasteiger partial charge on any atom is -0.481 e. The first kappa shape index (κ1) is 20.4. The van der Waals surface area contributed by atoms with Crippen LogP contribution in [-0.4, -0.2) is 27.1 Å². The van der Waals surface area contributed by atoms with Crippen LogP contribution < -0.4 is 0 Å². The number of carboxylic acids is 1. The quantitative estimate of drug-likeness (QED) is 0.478. The topological polar surface area (TPSA) is 77.8 Å². The molecule has 0 unspecified atom stereocenters. The smallest absolute Gasteiger partial charge is 0.303 e. The third-order valence-electron chi connectivity index (χ3n) is 9.73. The fourth-order valence-electron chi connectivity index (χ4n) is 8.23. The van der Waals surface area contributed by atoms with Crippen molar-refractivity contribution in [3.05, 3.63) is 11.6 Å². The van der Waals surface area contributed by atoms with Crippen molar-refractivity contribution in [2.24, 2.45) is 40.4 Å². The summed E-state index contributed by atoms with van der Waals surface area (Å²) in [5.41, 5.74) is 1.77. The Bertz CT molecular complexity index is 668. The van der Waals surface area contributed by atoms with E-state index in [1.807, 2.05) is 0 Å². The third-order valence-corrected chi connectivity index (χ3v) is 9.73. The number of aliphatic carboxylic acids is 1. The molecule has 0 aromatic rings. The molecule has 0 saturated heterocycles. The molecule has 0 amide bonds. The molecule has 4 heteroatoms. The van der Waals surface area contributed by atoms with E-state index in [0.29, 0.717) is 36.0 Å². The molecule has 0 radical (unpaired) electrons. The van der Waals surface area contributed by atoms with Gasteiger partial charge in [-0.15, -0.1) is 0 Å². The van der Waals surface area contributed by atoms with E-state index >= 15 is 0 Å². The molecule has 4 nitrogen and oxygen atoms in total. The largest absolute Gasteiger partial charge is 0.481 e. The second kappa shape index (κ2) is 6.84.